The summed E-state index contributed by atoms with van der Waals surface area (Å²) in [7, 11) is 2.92. The Morgan fingerprint density at radius 3 is 2.55 bits per heavy atom. The molecule has 0 aromatic heterocycles. The molecule has 1 aliphatic heterocycles. The zero-order valence-electron chi connectivity index (χ0n) is 15.7. The van der Waals surface area contributed by atoms with Gasteiger partial charge in [-0.2, -0.15) is 0 Å². The molecular formula is C20H18ClN3O4S. The fraction of sp³-hybridized carbons (Fsp3) is 0.200. The topological polar surface area (TPSA) is 88.1 Å². The number of aliphatic imine (C=N–C) groups is 1. The Hall–Kier alpha value is -2.84. The van der Waals surface area contributed by atoms with Gasteiger partial charge in [0.2, 0.25) is 11.8 Å². The van der Waals surface area contributed by atoms with Gasteiger partial charge in [0.05, 0.1) is 29.1 Å². The van der Waals surface area contributed by atoms with Crippen LogP contribution in [0.15, 0.2) is 53.5 Å². The lowest BCUT2D eigenvalue weighted by Gasteiger charge is -2.28. The van der Waals surface area contributed by atoms with E-state index < -0.39 is 11.2 Å². The van der Waals surface area contributed by atoms with E-state index in [1.807, 2.05) is 0 Å². The number of hydrogen-bond acceptors (Lipinski definition) is 6. The highest BCUT2D eigenvalue weighted by Crippen LogP contribution is 2.30. The average Bonchev–Trinajstić information content (AvgIpc) is 2.72. The van der Waals surface area contributed by atoms with Gasteiger partial charge in [0.1, 0.15) is 5.25 Å². The Morgan fingerprint density at radius 1 is 1.21 bits per heavy atom. The standard InChI is InChI=1S/C20H18ClN3O4S/c1-24-17(25)11-16(18(26)23-15-6-4-3-5-14(15)21)29-20(24)22-13-9-7-12(8-10-13)19(27)28-2/h3-10,16H,11H2,1-2H3,(H,23,26). The van der Waals surface area contributed by atoms with Crippen molar-refractivity contribution in [3.8, 4) is 0 Å². The van der Waals surface area contributed by atoms with Crippen LogP contribution in [0.4, 0.5) is 11.4 Å². The van der Waals surface area contributed by atoms with Crippen molar-refractivity contribution in [2.24, 2.45) is 4.99 Å². The van der Waals surface area contributed by atoms with E-state index in [2.05, 4.69) is 15.0 Å². The van der Waals surface area contributed by atoms with E-state index >= 15 is 0 Å². The molecule has 0 bridgehead atoms. The number of hydrogen-bond donors (Lipinski definition) is 1. The number of para-hydroxylation sites is 1. The molecule has 2 aromatic rings. The van der Waals surface area contributed by atoms with E-state index in [4.69, 9.17) is 11.6 Å². The van der Waals surface area contributed by atoms with E-state index in [0.717, 1.165) is 0 Å². The van der Waals surface area contributed by atoms with Crippen LogP contribution in [0.1, 0.15) is 16.8 Å². The molecule has 0 spiro atoms. The molecule has 9 heteroatoms. The number of amides is 2. The summed E-state index contributed by atoms with van der Waals surface area (Å²) in [5, 5.41) is 2.94. The molecule has 0 radical (unpaired) electrons. The number of amidine groups is 1. The van der Waals surface area contributed by atoms with Gasteiger partial charge < -0.3 is 10.1 Å². The third-order valence-electron chi connectivity index (χ3n) is 4.21. The van der Waals surface area contributed by atoms with Crippen molar-refractivity contribution in [1.82, 2.24) is 4.90 Å². The molecule has 1 saturated heterocycles. The monoisotopic (exact) mass is 431 g/mol. The summed E-state index contributed by atoms with van der Waals surface area (Å²) in [5.74, 6) is -0.980. The van der Waals surface area contributed by atoms with Crippen LogP contribution in [0.25, 0.3) is 0 Å². The summed E-state index contributed by atoms with van der Waals surface area (Å²) in [6.45, 7) is 0. The van der Waals surface area contributed by atoms with E-state index in [-0.39, 0.29) is 18.2 Å². The summed E-state index contributed by atoms with van der Waals surface area (Å²) < 4.78 is 4.67. The fourth-order valence-corrected chi connectivity index (χ4v) is 3.82. The van der Waals surface area contributed by atoms with Crippen molar-refractivity contribution in [3.63, 3.8) is 0 Å². The highest BCUT2D eigenvalue weighted by atomic mass is 35.5. The van der Waals surface area contributed by atoms with E-state index in [1.54, 1.807) is 55.6 Å². The number of nitrogens with zero attached hydrogens (tertiary/aromatic N) is 2. The summed E-state index contributed by atoms with van der Waals surface area (Å²) in [6, 6.07) is 13.4. The van der Waals surface area contributed by atoms with Gasteiger partial charge in [-0.1, -0.05) is 35.5 Å². The largest absolute Gasteiger partial charge is 0.465 e. The van der Waals surface area contributed by atoms with Gasteiger partial charge in [0.15, 0.2) is 5.17 Å². The smallest absolute Gasteiger partial charge is 0.337 e. The minimum absolute atomic E-state index is 0.0533. The zero-order valence-corrected chi connectivity index (χ0v) is 17.3. The maximum absolute atomic E-state index is 12.7. The molecule has 150 valence electrons. The minimum atomic E-state index is -0.636. The van der Waals surface area contributed by atoms with Crippen LogP contribution in [0.3, 0.4) is 0 Å². The summed E-state index contributed by atoms with van der Waals surface area (Å²) >= 11 is 7.28. The lowest BCUT2D eigenvalue weighted by atomic mass is 10.2. The number of nitrogens with one attached hydrogen (secondary N) is 1. The number of ether oxygens (including phenoxy) is 1. The van der Waals surface area contributed by atoms with Crippen molar-refractivity contribution in [1.29, 1.82) is 0 Å². The Labute approximate surface area is 177 Å². The number of rotatable bonds is 4. The maximum atomic E-state index is 12.7. The predicted molar refractivity (Wildman–Crippen MR) is 114 cm³/mol. The third kappa shape index (κ3) is 4.96. The van der Waals surface area contributed by atoms with Crippen LogP contribution in [0, 0.1) is 0 Å². The number of methoxy groups -OCH3 is 1. The van der Waals surface area contributed by atoms with Crippen LogP contribution in [0.2, 0.25) is 5.02 Å². The number of carbonyl (C=O) groups excluding carboxylic acids is 3. The van der Waals surface area contributed by atoms with E-state index in [0.29, 0.717) is 27.1 Å². The second-order valence-electron chi connectivity index (χ2n) is 6.17. The number of thioether (sulfide) groups is 1. The molecule has 2 aromatic carbocycles. The minimum Gasteiger partial charge on any atom is -0.465 e. The Kier molecular flexibility index (Phi) is 6.56. The first-order valence-corrected chi connectivity index (χ1v) is 9.90. The lowest BCUT2D eigenvalue weighted by molar-refractivity contribution is -0.128. The van der Waals surface area contributed by atoms with Crippen LogP contribution in [0.5, 0.6) is 0 Å². The molecule has 1 heterocycles. The van der Waals surface area contributed by atoms with Crippen molar-refractivity contribution in [3.05, 3.63) is 59.1 Å². The van der Waals surface area contributed by atoms with E-state index in [1.165, 1.54) is 23.8 Å². The van der Waals surface area contributed by atoms with Crippen molar-refractivity contribution >= 4 is 57.7 Å². The molecule has 1 atom stereocenters. The van der Waals surface area contributed by atoms with Crippen molar-refractivity contribution < 1.29 is 19.1 Å². The molecular weight excluding hydrogens is 414 g/mol. The molecule has 1 fully saturated rings. The molecule has 0 aliphatic carbocycles. The zero-order chi connectivity index (χ0) is 21.0. The summed E-state index contributed by atoms with van der Waals surface area (Å²) in [4.78, 5) is 42.4. The number of anilines is 1. The second-order valence-corrected chi connectivity index (χ2v) is 7.74. The second kappa shape index (κ2) is 9.11. The fourth-order valence-electron chi connectivity index (χ4n) is 2.57. The van der Waals surface area contributed by atoms with Crippen LogP contribution >= 0.6 is 23.4 Å². The van der Waals surface area contributed by atoms with Crippen LogP contribution in [-0.2, 0) is 14.3 Å². The Morgan fingerprint density at radius 2 is 1.90 bits per heavy atom. The Bertz CT molecular complexity index is 978. The highest BCUT2D eigenvalue weighted by molar-refractivity contribution is 8.15. The molecule has 1 N–H and O–H groups in total. The molecule has 3 rings (SSSR count). The molecule has 0 saturated carbocycles. The number of halogens is 1. The maximum Gasteiger partial charge on any atom is 0.337 e. The van der Waals surface area contributed by atoms with Gasteiger partial charge >= 0.3 is 5.97 Å². The van der Waals surface area contributed by atoms with Gasteiger partial charge in [-0.15, -0.1) is 0 Å². The highest BCUT2D eigenvalue weighted by Gasteiger charge is 2.34. The lowest BCUT2D eigenvalue weighted by Crippen LogP contribution is -2.43. The third-order valence-corrected chi connectivity index (χ3v) is 5.78. The summed E-state index contributed by atoms with van der Waals surface area (Å²) in [5.41, 5.74) is 1.43. The van der Waals surface area contributed by atoms with Gasteiger partial charge in [0, 0.05) is 13.5 Å². The SMILES string of the molecule is COC(=O)c1ccc(N=C2SC(C(=O)Nc3ccccc3Cl)CC(=O)N2C)cc1. The van der Waals surface area contributed by atoms with Gasteiger partial charge in [-0.25, -0.2) is 9.79 Å². The van der Waals surface area contributed by atoms with E-state index in [9.17, 15) is 14.4 Å². The quantitative estimate of drug-likeness (QED) is 0.745. The molecule has 1 unspecified atom stereocenters. The van der Waals surface area contributed by atoms with Crippen molar-refractivity contribution in [2.75, 3.05) is 19.5 Å². The first kappa shape index (κ1) is 20.9. The molecule has 2 amide bonds. The summed E-state index contributed by atoms with van der Waals surface area (Å²) in [6.07, 6.45) is 0.0533. The van der Waals surface area contributed by atoms with Gasteiger partial charge in [-0.3, -0.25) is 14.5 Å². The van der Waals surface area contributed by atoms with Gasteiger partial charge in [-0.05, 0) is 36.4 Å². The Balaban J connectivity index is 1.77. The molecule has 7 nitrogen and oxygen atoms in total. The number of benzene rings is 2. The predicted octanol–water partition coefficient (Wildman–Crippen LogP) is 3.72. The van der Waals surface area contributed by atoms with Crippen molar-refractivity contribution in [2.45, 2.75) is 11.7 Å². The molecule has 29 heavy (non-hydrogen) atoms. The average molecular weight is 432 g/mol. The number of carbonyl (C=O) groups is 3. The number of esters is 1. The molecule has 1 aliphatic rings. The van der Waals surface area contributed by atoms with Crippen LogP contribution in [-0.4, -0.2) is 47.3 Å². The van der Waals surface area contributed by atoms with Crippen LogP contribution < -0.4 is 5.32 Å². The first-order chi connectivity index (χ1) is 13.9. The van der Waals surface area contributed by atoms with Gasteiger partial charge in [0.25, 0.3) is 0 Å². The normalized spacial score (nSPS) is 17.9. The first-order valence-electron chi connectivity index (χ1n) is 8.64.